The standard InChI is InChI=1S/C18H18O2/c19-13-3-7-15-11(9-13)1-5-17-16-8-4-14(20)10-12(16)2-6-18(15)17/h1-3,5-7,9,14,16-17,19-20H,4,8,10H2. The number of rotatable bonds is 0. The fourth-order valence-corrected chi connectivity index (χ4v) is 3.87. The zero-order valence-electron chi connectivity index (χ0n) is 11.3. The summed E-state index contributed by atoms with van der Waals surface area (Å²) in [6.07, 6.45) is 11.4. The first-order valence-corrected chi connectivity index (χ1v) is 7.32. The van der Waals surface area contributed by atoms with Gasteiger partial charge in [-0.3, -0.25) is 0 Å². The third kappa shape index (κ3) is 1.75. The van der Waals surface area contributed by atoms with Crippen LogP contribution in [0.4, 0.5) is 0 Å². The molecule has 3 atom stereocenters. The van der Waals surface area contributed by atoms with E-state index in [9.17, 15) is 10.2 Å². The van der Waals surface area contributed by atoms with Crippen LogP contribution in [-0.2, 0) is 0 Å². The van der Waals surface area contributed by atoms with Crippen molar-refractivity contribution in [1.29, 1.82) is 0 Å². The van der Waals surface area contributed by atoms with E-state index in [0.717, 1.165) is 24.8 Å². The molecule has 1 aromatic rings. The zero-order chi connectivity index (χ0) is 13.7. The summed E-state index contributed by atoms with van der Waals surface area (Å²) < 4.78 is 0. The Morgan fingerprint density at radius 1 is 1.10 bits per heavy atom. The summed E-state index contributed by atoms with van der Waals surface area (Å²) in [5.41, 5.74) is 5.08. The molecule has 0 spiro atoms. The first-order chi connectivity index (χ1) is 9.72. The topological polar surface area (TPSA) is 40.5 Å². The fourth-order valence-electron chi connectivity index (χ4n) is 3.87. The van der Waals surface area contributed by atoms with E-state index < -0.39 is 0 Å². The maximum absolute atomic E-state index is 9.83. The highest BCUT2D eigenvalue weighted by Crippen LogP contribution is 2.47. The summed E-state index contributed by atoms with van der Waals surface area (Å²) in [4.78, 5) is 0. The van der Waals surface area contributed by atoms with Crippen molar-refractivity contribution in [2.24, 2.45) is 11.8 Å². The fraction of sp³-hybridized carbons (Fsp3) is 0.333. The van der Waals surface area contributed by atoms with Crippen molar-refractivity contribution in [3.63, 3.8) is 0 Å². The second-order valence-corrected chi connectivity index (χ2v) is 6.06. The molecule has 0 heterocycles. The summed E-state index contributed by atoms with van der Waals surface area (Å²) >= 11 is 0. The predicted molar refractivity (Wildman–Crippen MR) is 80.0 cm³/mol. The lowest BCUT2D eigenvalue weighted by molar-refractivity contribution is 0.132. The van der Waals surface area contributed by atoms with E-state index in [0.29, 0.717) is 17.6 Å². The Hall–Kier alpha value is -1.80. The minimum absolute atomic E-state index is 0.163. The van der Waals surface area contributed by atoms with Crippen molar-refractivity contribution in [2.75, 3.05) is 0 Å². The molecule has 4 rings (SSSR count). The molecule has 0 aliphatic heterocycles. The number of phenols is 1. The minimum atomic E-state index is -0.163. The Kier molecular flexibility index (Phi) is 2.61. The highest BCUT2D eigenvalue weighted by atomic mass is 16.3. The molecule has 3 aliphatic carbocycles. The third-order valence-corrected chi connectivity index (χ3v) is 4.86. The Morgan fingerprint density at radius 3 is 2.90 bits per heavy atom. The second-order valence-electron chi connectivity index (χ2n) is 6.06. The molecule has 0 aromatic heterocycles. The molecule has 0 bridgehead atoms. The van der Waals surface area contributed by atoms with Crippen LogP contribution in [0.25, 0.3) is 11.6 Å². The van der Waals surface area contributed by atoms with Crippen molar-refractivity contribution in [1.82, 2.24) is 0 Å². The highest BCUT2D eigenvalue weighted by Gasteiger charge is 2.35. The molecule has 20 heavy (non-hydrogen) atoms. The maximum Gasteiger partial charge on any atom is 0.116 e. The minimum Gasteiger partial charge on any atom is -0.508 e. The van der Waals surface area contributed by atoms with Crippen LogP contribution >= 0.6 is 0 Å². The van der Waals surface area contributed by atoms with Gasteiger partial charge in [0.1, 0.15) is 5.75 Å². The van der Waals surface area contributed by atoms with Gasteiger partial charge >= 0.3 is 0 Å². The first-order valence-electron chi connectivity index (χ1n) is 7.32. The average Bonchev–Trinajstić information content (AvgIpc) is 2.45. The largest absolute Gasteiger partial charge is 0.508 e. The van der Waals surface area contributed by atoms with E-state index in [-0.39, 0.29) is 6.10 Å². The van der Waals surface area contributed by atoms with Crippen molar-refractivity contribution in [3.8, 4) is 5.75 Å². The summed E-state index contributed by atoms with van der Waals surface area (Å²) in [6.45, 7) is 0. The Morgan fingerprint density at radius 2 is 2.00 bits per heavy atom. The number of hydrogen-bond acceptors (Lipinski definition) is 2. The highest BCUT2D eigenvalue weighted by molar-refractivity contribution is 5.83. The zero-order valence-corrected chi connectivity index (χ0v) is 11.3. The lowest BCUT2D eigenvalue weighted by Gasteiger charge is -2.38. The smallest absolute Gasteiger partial charge is 0.116 e. The van der Waals surface area contributed by atoms with Crippen LogP contribution in [0.3, 0.4) is 0 Å². The molecule has 0 amide bonds. The van der Waals surface area contributed by atoms with Crippen LogP contribution in [0.1, 0.15) is 30.4 Å². The average molecular weight is 266 g/mol. The van der Waals surface area contributed by atoms with Gasteiger partial charge in [0.05, 0.1) is 6.10 Å². The molecule has 1 aromatic carbocycles. The van der Waals surface area contributed by atoms with E-state index in [4.69, 9.17) is 0 Å². The quantitative estimate of drug-likeness (QED) is 0.754. The van der Waals surface area contributed by atoms with E-state index >= 15 is 0 Å². The number of benzene rings is 1. The molecule has 102 valence electrons. The van der Waals surface area contributed by atoms with Gasteiger partial charge < -0.3 is 10.2 Å². The van der Waals surface area contributed by atoms with Crippen LogP contribution < -0.4 is 0 Å². The van der Waals surface area contributed by atoms with Crippen LogP contribution in [0, 0.1) is 11.8 Å². The van der Waals surface area contributed by atoms with Gasteiger partial charge in [-0.2, -0.15) is 0 Å². The lowest BCUT2D eigenvalue weighted by Crippen LogP contribution is -2.29. The van der Waals surface area contributed by atoms with Crippen molar-refractivity contribution in [2.45, 2.75) is 25.4 Å². The van der Waals surface area contributed by atoms with Gasteiger partial charge in [-0.1, -0.05) is 35.9 Å². The Balaban J connectivity index is 1.80. The lowest BCUT2D eigenvalue weighted by atomic mass is 9.67. The van der Waals surface area contributed by atoms with Crippen LogP contribution in [0.2, 0.25) is 0 Å². The second kappa shape index (κ2) is 4.35. The normalized spacial score (nSPS) is 30.8. The summed E-state index contributed by atoms with van der Waals surface area (Å²) in [5.74, 6) is 1.29. The van der Waals surface area contributed by atoms with Gasteiger partial charge in [0, 0.05) is 5.92 Å². The molecular formula is C18H18O2. The summed E-state index contributed by atoms with van der Waals surface area (Å²) in [6, 6.07) is 5.61. The predicted octanol–water partition coefficient (Wildman–Crippen LogP) is 3.52. The molecule has 3 aliphatic rings. The van der Waals surface area contributed by atoms with Crippen molar-refractivity contribution < 1.29 is 10.2 Å². The van der Waals surface area contributed by atoms with E-state index in [1.165, 1.54) is 16.7 Å². The molecule has 2 nitrogen and oxygen atoms in total. The maximum atomic E-state index is 9.83. The van der Waals surface area contributed by atoms with E-state index in [2.05, 4.69) is 24.3 Å². The third-order valence-electron chi connectivity index (χ3n) is 4.86. The van der Waals surface area contributed by atoms with Gasteiger partial charge in [-0.05, 0) is 54.0 Å². The van der Waals surface area contributed by atoms with Crippen LogP contribution in [-0.4, -0.2) is 16.3 Å². The molecule has 0 saturated heterocycles. The summed E-state index contributed by atoms with van der Waals surface area (Å²) in [5, 5.41) is 19.4. The Bertz CT molecular complexity index is 651. The van der Waals surface area contributed by atoms with Gasteiger partial charge in [0.2, 0.25) is 0 Å². The van der Waals surface area contributed by atoms with E-state index in [1.54, 1.807) is 6.07 Å². The number of aliphatic hydroxyl groups is 1. The van der Waals surface area contributed by atoms with Gasteiger partial charge in [0.15, 0.2) is 0 Å². The Labute approximate surface area is 118 Å². The number of allylic oxidation sites excluding steroid dienone is 4. The SMILES string of the molecule is Oc1ccc2c(c1)C=CC1C2=CC=C2CC(O)CCC21. The summed E-state index contributed by atoms with van der Waals surface area (Å²) in [7, 11) is 0. The molecule has 1 saturated carbocycles. The van der Waals surface area contributed by atoms with E-state index in [1.807, 2.05) is 12.1 Å². The number of aromatic hydroxyl groups is 1. The molecule has 2 N–H and O–H groups in total. The van der Waals surface area contributed by atoms with Crippen molar-refractivity contribution >= 4 is 11.6 Å². The molecular weight excluding hydrogens is 248 g/mol. The van der Waals surface area contributed by atoms with Crippen LogP contribution in [0.5, 0.6) is 5.75 Å². The van der Waals surface area contributed by atoms with Gasteiger partial charge in [-0.25, -0.2) is 0 Å². The number of fused-ring (bicyclic) bond motifs is 5. The number of hydrogen-bond donors (Lipinski definition) is 2. The first kappa shape index (κ1) is 12.0. The molecule has 1 fully saturated rings. The van der Waals surface area contributed by atoms with Gasteiger partial charge in [-0.15, -0.1) is 0 Å². The number of aliphatic hydroxyl groups excluding tert-OH is 1. The number of phenolic OH excluding ortho intramolecular Hbond substituents is 1. The molecule has 3 unspecified atom stereocenters. The van der Waals surface area contributed by atoms with Crippen molar-refractivity contribution in [3.05, 3.63) is 53.1 Å². The molecule has 2 heteroatoms. The molecule has 0 radical (unpaired) electrons. The van der Waals surface area contributed by atoms with Gasteiger partial charge in [0.25, 0.3) is 0 Å². The van der Waals surface area contributed by atoms with Crippen LogP contribution in [0.15, 0.2) is 42.0 Å². The monoisotopic (exact) mass is 266 g/mol.